The van der Waals surface area contributed by atoms with Crippen LogP contribution in [0.4, 0.5) is 0 Å². The molecule has 0 spiro atoms. The summed E-state index contributed by atoms with van der Waals surface area (Å²) >= 11 is 6.00. The standard InChI is InChI=1S/C19H19ClN4O2/c20-15-4-5-16-17(11-15)26-18(22-16)13-23-7-2-8-24(10-9-23)19(25)14-3-1-6-21-12-14/h1,3-6,11-12H,2,7-10,13H2. The molecule has 6 nitrogen and oxygen atoms in total. The highest BCUT2D eigenvalue weighted by Gasteiger charge is 2.21. The summed E-state index contributed by atoms with van der Waals surface area (Å²) in [6, 6.07) is 9.05. The van der Waals surface area contributed by atoms with Crippen LogP contribution >= 0.6 is 11.6 Å². The van der Waals surface area contributed by atoms with Gasteiger partial charge in [0.2, 0.25) is 5.89 Å². The number of pyridine rings is 1. The molecule has 0 radical (unpaired) electrons. The number of hydrogen-bond acceptors (Lipinski definition) is 5. The van der Waals surface area contributed by atoms with Crippen LogP contribution in [0, 0.1) is 0 Å². The number of aromatic nitrogens is 2. The zero-order valence-electron chi connectivity index (χ0n) is 14.3. The number of benzene rings is 1. The van der Waals surface area contributed by atoms with E-state index in [9.17, 15) is 4.79 Å². The van der Waals surface area contributed by atoms with E-state index in [1.165, 1.54) is 0 Å². The van der Waals surface area contributed by atoms with Crippen LogP contribution in [0.3, 0.4) is 0 Å². The SMILES string of the molecule is O=C(c1cccnc1)N1CCCN(Cc2nc3ccc(Cl)cc3o2)CC1. The Morgan fingerprint density at radius 3 is 2.96 bits per heavy atom. The van der Waals surface area contributed by atoms with Gasteiger partial charge in [-0.3, -0.25) is 14.7 Å². The molecule has 1 amide bonds. The van der Waals surface area contributed by atoms with Gasteiger partial charge in [0, 0.05) is 49.7 Å². The second-order valence-corrected chi connectivity index (χ2v) is 6.82. The minimum atomic E-state index is 0.0384. The third-order valence-electron chi connectivity index (χ3n) is 4.54. The van der Waals surface area contributed by atoms with E-state index in [4.69, 9.17) is 16.0 Å². The predicted octanol–water partition coefficient (Wildman–Crippen LogP) is 3.22. The van der Waals surface area contributed by atoms with E-state index in [0.29, 0.717) is 35.1 Å². The van der Waals surface area contributed by atoms with Crippen LogP contribution in [-0.4, -0.2) is 51.9 Å². The van der Waals surface area contributed by atoms with Crippen LogP contribution in [0.25, 0.3) is 11.1 Å². The molecule has 4 rings (SSSR count). The fraction of sp³-hybridized carbons (Fsp3) is 0.316. The summed E-state index contributed by atoms with van der Waals surface area (Å²) in [6.07, 6.45) is 4.21. The molecule has 0 N–H and O–H groups in total. The topological polar surface area (TPSA) is 62.5 Å². The van der Waals surface area contributed by atoms with Gasteiger partial charge in [-0.2, -0.15) is 0 Å². The minimum Gasteiger partial charge on any atom is -0.439 e. The van der Waals surface area contributed by atoms with Crippen LogP contribution in [-0.2, 0) is 6.54 Å². The molecule has 0 bridgehead atoms. The number of carbonyl (C=O) groups is 1. The second-order valence-electron chi connectivity index (χ2n) is 6.38. The molecule has 1 aliphatic heterocycles. The van der Waals surface area contributed by atoms with Crippen molar-refractivity contribution < 1.29 is 9.21 Å². The minimum absolute atomic E-state index is 0.0384. The van der Waals surface area contributed by atoms with Crippen LogP contribution in [0.1, 0.15) is 22.7 Å². The fourth-order valence-corrected chi connectivity index (χ4v) is 3.37. The molecule has 1 aromatic carbocycles. The molecular formula is C19H19ClN4O2. The molecule has 26 heavy (non-hydrogen) atoms. The van der Waals surface area contributed by atoms with Crippen LogP contribution < -0.4 is 0 Å². The second kappa shape index (κ2) is 7.43. The normalized spacial score (nSPS) is 16.0. The van der Waals surface area contributed by atoms with Crippen molar-refractivity contribution in [1.29, 1.82) is 0 Å². The van der Waals surface area contributed by atoms with E-state index in [-0.39, 0.29) is 5.91 Å². The average molecular weight is 371 g/mol. The highest BCUT2D eigenvalue weighted by Crippen LogP contribution is 2.21. The Hall–Kier alpha value is -2.44. The number of hydrogen-bond donors (Lipinski definition) is 0. The van der Waals surface area contributed by atoms with Gasteiger partial charge in [0.15, 0.2) is 5.58 Å². The van der Waals surface area contributed by atoms with Crippen molar-refractivity contribution in [3.63, 3.8) is 0 Å². The lowest BCUT2D eigenvalue weighted by molar-refractivity contribution is 0.0760. The average Bonchev–Trinajstić information content (AvgIpc) is 2.90. The smallest absolute Gasteiger partial charge is 0.255 e. The van der Waals surface area contributed by atoms with Gasteiger partial charge in [0.1, 0.15) is 5.52 Å². The van der Waals surface area contributed by atoms with Crippen LogP contribution in [0.2, 0.25) is 5.02 Å². The van der Waals surface area contributed by atoms with Crippen molar-refractivity contribution >= 4 is 28.6 Å². The molecule has 0 saturated carbocycles. The Morgan fingerprint density at radius 2 is 2.12 bits per heavy atom. The quantitative estimate of drug-likeness (QED) is 0.708. The van der Waals surface area contributed by atoms with E-state index >= 15 is 0 Å². The first-order valence-corrected chi connectivity index (χ1v) is 9.03. The Kier molecular flexibility index (Phi) is 4.86. The maximum atomic E-state index is 12.6. The third-order valence-corrected chi connectivity index (χ3v) is 4.77. The molecule has 3 aromatic rings. The maximum Gasteiger partial charge on any atom is 0.255 e. The summed E-state index contributed by atoms with van der Waals surface area (Å²) in [5, 5.41) is 0.638. The lowest BCUT2D eigenvalue weighted by Gasteiger charge is -2.21. The number of amides is 1. The molecule has 2 aromatic heterocycles. The monoisotopic (exact) mass is 370 g/mol. The summed E-state index contributed by atoms with van der Waals surface area (Å²) in [5.74, 6) is 0.714. The highest BCUT2D eigenvalue weighted by molar-refractivity contribution is 6.31. The molecule has 134 valence electrons. The van der Waals surface area contributed by atoms with Crippen molar-refractivity contribution in [1.82, 2.24) is 19.8 Å². The molecule has 1 saturated heterocycles. The van der Waals surface area contributed by atoms with E-state index in [1.807, 2.05) is 17.0 Å². The van der Waals surface area contributed by atoms with E-state index in [2.05, 4.69) is 14.9 Å². The first-order valence-electron chi connectivity index (χ1n) is 8.66. The Bertz CT molecular complexity index is 912. The van der Waals surface area contributed by atoms with Gasteiger partial charge >= 0.3 is 0 Å². The number of carbonyl (C=O) groups excluding carboxylic acids is 1. The molecule has 0 aliphatic carbocycles. The third kappa shape index (κ3) is 3.71. The zero-order valence-corrected chi connectivity index (χ0v) is 15.0. The van der Waals surface area contributed by atoms with E-state index in [1.54, 1.807) is 30.6 Å². The van der Waals surface area contributed by atoms with Crippen LogP contribution in [0.15, 0.2) is 47.1 Å². The summed E-state index contributed by atoms with van der Waals surface area (Å²) in [7, 11) is 0. The summed E-state index contributed by atoms with van der Waals surface area (Å²) < 4.78 is 5.81. The largest absolute Gasteiger partial charge is 0.439 e. The summed E-state index contributed by atoms with van der Waals surface area (Å²) in [6.45, 7) is 3.73. The van der Waals surface area contributed by atoms with Crippen molar-refractivity contribution in [2.45, 2.75) is 13.0 Å². The van der Waals surface area contributed by atoms with Gasteiger partial charge in [-0.25, -0.2) is 4.98 Å². The van der Waals surface area contributed by atoms with E-state index < -0.39 is 0 Å². The molecule has 3 heterocycles. The first-order chi connectivity index (χ1) is 12.7. The number of oxazole rings is 1. The van der Waals surface area contributed by atoms with Gasteiger partial charge in [0.05, 0.1) is 12.1 Å². The lowest BCUT2D eigenvalue weighted by Crippen LogP contribution is -2.35. The molecular weight excluding hydrogens is 352 g/mol. The molecule has 0 atom stereocenters. The van der Waals surface area contributed by atoms with Crippen molar-refractivity contribution in [2.24, 2.45) is 0 Å². The zero-order chi connectivity index (χ0) is 17.9. The summed E-state index contributed by atoms with van der Waals surface area (Å²) in [4.78, 5) is 25.3. The van der Waals surface area contributed by atoms with Gasteiger partial charge in [-0.15, -0.1) is 0 Å². The number of halogens is 1. The number of rotatable bonds is 3. The van der Waals surface area contributed by atoms with Gasteiger partial charge in [0.25, 0.3) is 5.91 Å². The Labute approximate surface area is 156 Å². The van der Waals surface area contributed by atoms with Gasteiger partial charge < -0.3 is 9.32 Å². The van der Waals surface area contributed by atoms with Gasteiger partial charge in [-0.05, 0) is 30.7 Å². The Morgan fingerprint density at radius 1 is 1.19 bits per heavy atom. The van der Waals surface area contributed by atoms with Gasteiger partial charge in [-0.1, -0.05) is 11.6 Å². The first kappa shape index (κ1) is 17.0. The molecule has 1 aliphatic rings. The van der Waals surface area contributed by atoms with E-state index in [0.717, 1.165) is 31.6 Å². The number of nitrogens with zero attached hydrogens (tertiary/aromatic N) is 4. The molecule has 7 heteroatoms. The van der Waals surface area contributed by atoms with Crippen molar-refractivity contribution in [2.75, 3.05) is 26.2 Å². The molecule has 1 fully saturated rings. The fourth-order valence-electron chi connectivity index (χ4n) is 3.21. The maximum absolute atomic E-state index is 12.6. The molecule has 0 unspecified atom stereocenters. The van der Waals surface area contributed by atoms with Crippen molar-refractivity contribution in [3.05, 3.63) is 59.2 Å². The highest BCUT2D eigenvalue weighted by atomic mass is 35.5. The predicted molar refractivity (Wildman–Crippen MR) is 99.1 cm³/mol. The lowest BCUT2D eigenvalue weighted by atomic mass is 10.2. The van der Waals surface area contributed by atoms with Crippen LogP contribution in [0.5, 0.6) is 0 Å². The number of fused-ring (bicyclic) bond motifs is 1. The summed E-state index contributed by atoms with van der Waals surface area (Å²) in [5.41, 5.74) is 2.15. The van der Waals surface area contributed by atoms with Crippen molar-refractivity contribution in [3.8, 4) is 0 Å². The Balaban J connectivity index is 1.41.